The number of aromatic nitrogens is 4. The van der Waals surface area contributed by atoms with Crippen molar-refractivity contribution in [3.05, 3.63) is 72.2 Å². The number of para-hydroxylation sites is 1. The Morgan fingerprint density at radius 1 is 0.914 bits per heavy atom. The van der Waals surface area contributed by atoms with Gasteiger partial charge in [0.15, 0.2) is 5.65 Å². The van der Waals surface area contributed by atoms with E-state index in [0.717, 1.165) is 40.3 Å². The molecule has 1 aliphatic rings. The van der Waals surface area contributed by atoms with Gasteiger partial charge in [-0.25, -0.2) is 23.1 Å². The Balaban J connectivity index is 1.46. The monoisotopic (exact) mass is 490 g/mol. The average molecular weight is 491 g/mol. The molecule has 4 aromatic rings. The van der Waals surface area contributed by atoms with Gasteiger partial charge in [-0.1, -0.05) is 49.7 Å². The average Bonchev–Trinajstić information content (AvgIpc) is 3.28. The SMILES string of the molecule is Cc1ccc(S(=O)(=O)N2CCN(c3nc(CC(C)C)nc4c3cnn4-c3ccccc3)CC2)cc1. The van der Waals surface area contributed by atoms with Gasteiger partial charge in [0.25, 0.3) is 0 Å². The van der Waals surface area contributed by atoms with Crippen molar-refractivity contribution in [2.75, 3.05) is 31.1 Å². The molecule has 1 fully saturated rings. The van der Waals surface area contributed by atoms with Gasteiger partial charge < -0.3 is 4.90 Å². The van der Waals surface area contributed by atoms with Crippen LogP contribution in [0.4, 0.5) is 5.82 Å². The highest BCUT2D eigenvalue weighted by Crippen LogP contribution is 2.28. The number of nitrogens with zero attached hydrogens (tertiary/aromatic N) is 6. The lowest BCUT2D eigenvalue weighted by Gasteiger charge is -2.35. The molecule has 0 unspecified atom stereocenters. The maximum atomic E-state index is 13.2. The second-order valence-electron chi connectivity index (χ2n) is 9.39. The minimum absolute atomic E-state index is 0.337. The Hall–Kier alpha value is -3.30. The van der Waals surface area contributed by atoms with Crippen molar-refractivity contribution < 1.29 is 8.42 Å². The van der Waals surface area contributed by atoms with E-state index in [1.54, 1.807) is 16.4 Å². The molecule has 0 N–H and O–H groups in total. The molecule has 0 atom stereocenters. The molecule has 5 rings (SSSR count). The third-order valence-electron chi connectivity index (χ3n) is 6.24. The fourth-order valence-electron chi connectivity index (χ4n) is 4.39. The lowest BCUT2D eigenvalue weighted by Crippen LogP contribution is -2.49. The first-order chi connectivity index (χ1) is 16.8. The summed E-state index contributed by atoms with van der Waals surface area (Å²) in [6.45, 7) is 8.14. The number of hydrogen-bond acceptors (Lipinski definition) is 6. The Kier molecular flexibility index (Phi) is 6.29. The Morgan fingerprint density at radius 2 is 1.60 bits per heavy atom. The Morgan fingerprint density at radius 3 is 2.26 bits per heavy atom. The topological polar surface area (TPSA) is 84.2 Å². The van der Waals surface area contributed by atoms with Crippen LogP contribution in [0.15, 0.2) is 65.7 Å². The maximum Gasteiger partial charge on any atom is 0.243 e. The van der Waals surface area contributed by atoms with Crippen molar-refractivity contribution in [1.82, 2.24) is 24.1 Å². The highest BCUT2D eigenvalue weighted by molar-refractivity contribution is 7.89. The number of piperazine rings is 1. The number of fused-ring (bicyclic) bond motifs is 1. The van der Waals surface area contributed by atoms with Gasteiger partial charge in [0.1, 0.15) is 11.6 Å². The molecule has 2 aromatic heterocycles. The van der Waals surface area contributed by atoms with E-state index in [9.17, 15) is 8.42 Å². The summed E-state index contributed by atoms with van der Waals surface area (Å²) in [4.78, 5) is 12.3. The molecule has 1 aliphatic heterocycles. The van der Waals surface area contributed by atoms with Gasteiger partial charge in [0, 0.05) is 32.6 Å². The van der Waals surface area contributed by atoms with Gasteiger partial charge >= 0.3 is 0 Å². The van der Waals surface area contributed by atoms with E-state index in [-0.39, 0.29) is 0 Å². The molecule has 0 aliphatic carbocycles. The predicted molar refractivity (Wildman–Crippen MR) is 137 cm³/mol. The predicted octanol–water partition coefficient (Wildman–Crippen LogP) is 3.83. The van der Waals surface area contributed by atoms with Crippen molar-refractivity contribution in [1.29, 1.82) is 0 Å². The zero-order valence-corrected chi connectivity index (χ0v) is 21.1. The van der Waals surface area contributed by atoms with Crippen LogP contribution >= 0.6 is 0 Å². The third kappa shape index (κ3) is 4.66. The van der Waals surface area contributed by atoms with Crippen LogP contribution in [0.2, 0.25) is 0 Å². The van der Waals surface area contributed by atoms with Crippen LogP contribution < -0.4 is 4.90 Å². The first-order valence-electron chi connectivity index (χ1n) is 11.9. The molecule has 1 saturated heterocycles. The first-order valence-corrected chi connectivity index (χ1v) is 13.4. The first kappa shape index (κ1) is 23.4. The van der Waals surface area contributed by atoms with Gasteiger partial charge in [-0.15, -0.1) is 0 Å². The fraction of sp³-hybridized carbons (Fsp3) is 0.346. The quantitative estimate of drug-likeness (QED) is 0.408. The van der Waals surface area contributed by atoms with Gasteiger partial charge in [0.05, 0.1) is 22.2 Å². The van der Waals surface area contributed by atoms with Crippen molar-refractivity contribution in [2.45, 2.75) is 32.1 Å². The summed E-state index contributed by atoms with van der Waals surface area (Å²) >= 11 is 0. The highest BCUT2D eigenvalue weighted by Gasteiger charge is 2.30. The van der Waals surface area contributed by atoms with Crippen LogP contribution in [0.25, 0.3) is 16.7 Å². The minimum Gasteiger partial charge on any atom is -0.353 e. The Labute approximate surface area is 206 Å². The van der Waals surface area contributed by atoms with Crippen LogP contribution in [0.3, 0.4) is 0 Å². The van der Waals surface area contributed by atoms with Gasteiger partial charge in [-0.2, -0.15) is 9.40 Å². The summed E-state index contributed by atoms with van der Waals surface area (Å²) in [6, 6.07) is 17.0. The zero-order chi connectivity index (χ0) is 24.6. The summed E-state index contributed by atoms with van der Waals surface area (Å²) in [6.07, 6.45) is 2.57. The molecule has 0 amide bonds. The summed E-state index contributed by atoms with van der Waals surface area (Å²) in [5.41, 5.74) is 2.75. The van der Waals surface area contributed by atoms with Crippen molar-refractivity contribution in [2.24, 2.45) is 5.92 Å². The molecule has 8 nitrogen and oxygen atoms in total. The van der Waals surface area contributed by atoms with E-state index in [1.165, 1.54) is 0 Å². The van der Waals surface area contributed by atoms with E-state index < -0.39 is 10.0 Å². The molecular formula is C26H30N6O2S. The molecule has 0 spiro atoms. The van der Waals surface area contributed by atoms with Crippen LogP contribution in [0, 0.1) is 12.8 Å². The van der Waals surface area contributed by atoms with Gasteiger partial charge in [-0.05, 0) is 37.1 Å². The fourth-order valence-corrected chi connectivity index (χ4v) is 5.81. The van der Waals surface area contributed by atoms with Crippen LogP contribution in [0.1, 0.15) is 25.2 Å². The molecule has 3 heterocycles. The summed E-state index contributed by atoms with van der Waals surface area (Å²) < 4.78 is 29.7. The number of aryl methyl sites for hydroxylation is 1. The lowest BCUT2D eigenvalue weighted by molar-refractivity contribution is 0.384. The van der Waals surface area contributed by atoms with E-state index in [1.807, 2.05) is 60.3 Å². The summed E-state index contributed by atoms with van der Waals surface area (Å²) in [7, 11) is -3.53. The second-order valence-corrected chi connectivity index (χ2v) is 11.3. The second kappa shape index (κ2) is 9.39. The van der Waals surface area contributed by atoms with Gasteiger partial charge in [-0.3, -0.25) is 0 Å². The van der Waals surface area contributed by atoms with Crippen LogP contribution in [-0.4, -0.2) is 58.7 Å². The molecule has 0 bridgehead atoms. The molecule has 2 aromatic carbocycles. The summed E-state index contributed by atoms with van der Waals surface area (Å²) in [5.74, 6) is 2.00. The largest absolute Gasteiger partial charge is 0.353 e. The number of benzene rings is 2. The molecule has 0 radical (unpaired) electrons. The number of hydrogen-bond donors (Lipinski definition) is 0. The smallest absolute Gasteiger partial charge is 0.243 e. The third-order valence-corrected chi connectivity index (χ3v) is 8.16. The number of anilines is 1. The van der Waals surface area contributed by atoms with Crippen molar-refractivity contribution in [3.63, 3.8) is 0 Å². The molecular weight excluding hydrogens is 460 g/mol. The number of sulfonamides is 1. The lowest BCUT2D eigenvalue weighted by atomic mass is 10.1. The van der Waals surface area contributed by atoms with Crippen molar-refractivity contribution in [3.8, 4) is 5.69 Å². The van der Waals surface area contributed by atoms with Crippen LogP contribution in [0.5, 0.6) is 0 Å². The zero-order valence-electron chi connectivity index (χ0n) is 20.3. The maximum absolute atomic E-state index is 13.2. The van der Waals surface area contributed by atoms with Gasteiger partial charge in [0.2, 0.25) is 10.0 Å². The van der Waals surface area contributed by atoms with E-state index >= 15 is 0 Å². The van der Waals surface area contributed by atoms with Crippen molar-refractivity contribution >= 4 is 26.9 Å². The molecule has 182 valence electrons. The summed E-state index contributed by atoms with van der Waals surface area (Å²) in [5, 5.41) is 5.49. The van der Waals surface area contributed by atoms with E-state index in [0.29, 0.717) is 37.0 Å². The molecule has 0 saturated carbocycles. The Bertz CT molecular complexity index is 1420. The van der Waals surface area contributed by atoms with E-state index in [2.05, 4.69) is 23.8 Å². The minimum atomic E-state index is -3.53. The highest BCUT2D eigenvalue weighted by atomic mass is 32.2. The molecule has 9 heteroatoms. The normalized spacial score (nSPS) is 15.3. The number of rotatable bonds is 6. The molecule has 35 heavy (non-hydrogen) atoms. The van der Waals surface area contributed by atoms with Crippen LogP contribution in [-0.2, 0) is 16.4 Å². The van der Waals surface area contributed by atoms with E-state index in [4.69, 9.17) is 9.97 Å². The standard InChI is InChI=1S/C26H30N6O2S/c1-19(2)17-24-28-25(23-18-27-32(26(23)29-24)21-7-5-4-6-8-21)30-13-15-31(16-14-30)35(33,34)22-11-9-20(3)10-12-22/h4-12,18-19H,13-17H2,1-3H3.